The Morgan fingerprint density at radius 1 is 0.976 bits per heavy atom. The van der Waals surface area contributed by atoms with Crippen LogP contribution >= 0.6 is 0 Å². The summed E-state index contributed by atoms with van der Waals surface area (Å²) in [5.74, 6) is -1.97. The highest BCUT2D eigenvalue weighted by Crippen LogP contribution is 2.27. The van der Waals surface area contributed by atoms with Crippen LogP contribution in [0.1, 0.15) is 49.9 Å². The molecule has 3 aromatic carbocycles. The summed E-state index contributed by atoms with van der Waals surface area (Å²) in [4.78, 5) is 53.8. The number of hydrogen-bond acceptors (Lipinski definition) is 5. The number of nitrogens with two attached hydrogens (primary N) is 1. The van der Waals surface area contributed by atoms with Gasteiger partial charge in [-0.25, -0.2) is 4.79 Å². The highest BCUT2D eigenvalue weighted by molar-refractivity contribution is 6.01. The minimum absolute atomic E-state index is 0.0488. The lowest BCUT2D eigenvalue weighted by atomic mass is 9.98. The maximum absolute atomic E-state index is 14.0. The number of carbonyl (C=O) groups excluding carboxylic acids is 4. The lowest BCUT2D eigenvalue weighted by Gasteiger charge is -2.33. The lowest BCUT2D eigenvalue weighted by Crippen LogP contribution is -2.53. The summed E-state index contributed by atoms with van der Waals surface area (Å²) in [7, 11) is 0. The van der Waals surface area contributed by atoms with Gasteiger partial charge in [-0.2, -0.15) is 0 Å². The summed E-state index contributed by atoms with van der Waals surface area (Å²) < 4.78 is 5.30. The van der Waals surface area contributed by atoms with E-state index in [4.69, 9.17) is 10.5 Å². The Bertz CT molecular complexity index is 1460. The molecule has 0 aliphatic carbocycles. The third kappa shape index (κ3) is 8.41. The summed E-state index contributed by atoms with van der Waals surface area (Å²) in [6.45, 7) is 12.6. The number of rotatable bonds is 10. The van der Waals surface area contributed by atoms with Gasteiger partial charge in [0.25, 0.3) is 5.91 Å². The maximum Gasteiger partial charge on any atom is 0.408 e. The standard InChI is InChI=1S/C32H38N4O5/c1-7-16-36(30(39)26(19-27(33)37)35-31(40)41-32(4,5)6)28(24-13-12-20(2)21(3)17-24)29(38)34-25-15-14-22-10-8-9-11-23(22)18-25/h7-15,17-18,26,28H,1,16,19H2,2-6H3,(H2,33,37)(H,34,38)(H,35,40). The molecule has 2 unspecified atom stereocenters. The van der Waals surface area contributed by atoms with E-state index >= 15 is 0 Å². The highest BCUT2D eigenvalue weighted by atomic mass is 16.6. The first kappa shape index (κ1) is 30.9. The van der Waals surface area contributed by atoms with Crippen molar-refractivity contribution in [1.29, 1.82) is 0 Å². The second kappa shape index (κ2) is 13.1. The Hall–Kier alpha value is -4.66. The summed E-state index contributed by atoms with van der Waals surface area (Å²) in [6.07, 6.45) is 0.0980. The molecule has 3 aromatic rings. The van der Waals surface area contributed by atoms with E-state index in [9.17, 15) is 19.2 Å². The van der Waals surface area contributed by atoms with Crippen molar-refractivity contribution in [2.45, 2.75) is 58.7 Å². The van der Waals surface area contributed by atoms with E-state index < -0.39 is 47.9 Å². The molecule has 0 saturated heterocycles. The molecule has 2 atom stereocenters. The number of alkyl carbamates (subject to hydrolysis) is 1. The quantitative estimate of drug-likeness (QED) is 0.304. The fourth-order valence-corrected chi connectivity index (χ4v) is 4.40. The lowest BCUT2D eigenvalue weighted by molar-refractivity contribution is -0.141. The van der Waals surface area contributed by atoms with Gasteiger partial charge in [-0.1, -0.05) is 54.6 Å². The zero-order valence-corrected chi connectivity index (χ0v) is 24.2. The third-order valence-corrected chi connectivity index (χ3v) is 6.43. The van der Waals surface area contributed by atoms with Gasteiger partial charge in [0.1, 0.15) is 17.7 Å². The SMILES string of the molecule is C=CCN(C(=O)C(CC(N)=O)NC(=O)OC(C)(C)C)C(C(=O)Nc1ccc2ccccc2c1)c1ccc(C)c(C)c1. The van der Waals surface area contributed by atoms with Crippen LogP contribution in [0.25, 0.3) is 10.8 Å². The van der Waals surface area contributed by atoms with Crippen LogP contribution in [0.15, 0.2) is 73.3 Å². The molecule has 0 fully saturated rings. The number of carbonyl (C=O) groups is 4. The van der Waals surface area contributed by atoms with Gasteiger partial charge in [0.05, 0.1) is 6.42 Å². The van der Waals surface area contributed by atoms with Crippen molar-refractivity contribution in [3.63, 3.8) is 0 Å². The number of amides is 4. The predicted molar refractivity (Wildman–Crippen MR) is 160 cm³/mol. The summed E-state index contributed by atoms with van der Waals surface area (Å²) >= 11 is 0. The summed E-state index contributed by atoms with van der Waals surface area (Å²) in [6, 6.07) is 16.3. The first-order valence-electron chi connectivity index (χ1n) is 13.3. The molecule has 9 nitrogen and oxygen atoms in total. The van der Waals surface area contributed by atoms with Gasteiger partial charge >= 0.3 is 6.09 Å². The van der Waals surface area contributed by atoms with E-state index in [-0.39, 0.29) is 6.54 Å². The monoisotopic (exact) mass is 558 g/mol. The molecule has 9 heteroatoms. The van der Waals surface area contributed by atoms with Gasteiger partial charge in [0.15, 0.2) is 0 Å². The average Bonchev–Trinajstić information content (AvgIpc) is 2.88. The average molecular weight is 559 g/mol. The van der Waals surface area contributed by atoms with Gasteiger partial charge in [0, 0.05) is 12.2 Å². The van der Waals surface area contributed by atoms with Crippen LogP contribution in [0.5, 0.6) is 0 Å². The normalized spacial score (nSPS) is 12.6. The minimum Gasteiger partial charge on any atom is -0.444 e. The molecule has 0 heterocycles. The molecule has 0 bridgehead atoms. The number of anilines is 1. The Kier molecular flexibility index (Phi) is 9.89. The van der Waals surface area contributed by atoms with Crippen LogP contribution in [-0.4, -0.2) is 46.9 Å². The first-order chi connectivity index (χ1) is 19.3. The minimum atomic E-state index is -1.37. The molecule has 216 valence electrons. The molecule has 0 aromatic heterocycles. The molecule has 3 rings (SSSR count). The Morgan fingerprint density at radius 2 is 1.66 bits per heavy atom. The van der Waals surface area contributed by atoms with Crippen molar-refractivity contribution < 1.29 is 23.9 Å². The Labute approximate surface area is 240 Å². The van der Waals surface area contributed by atoms with Crippen LogP contribution in [-0.2, 0) is 19.1 Å². The number of aryl methyl sites for hydroxylation is 2. The summed E-state index contributed by atoms with van der Waals surface area (Å²) in [5.41, 5.74) is 7.64. The molecular formula is C32H38N4O5. The molecule has 0 aliphatic heterocycles. The van der Waals surface area contributed by atoms with Gasteiger partial charge in [-0.05, 0) is 74.2 Å². The second-order valence-corrected chi connectivity index (χ2v) is 10.9. The van der Waals surface area contributed by atoms with E-state index in [0.29, 0.717) is 11.3 Å². The largest absolute Gasteiger partial charge is 0.444 e. The number of ether oxygens (including phenoxy) is 1. The van der Waals surface area contributed by atoms with Gasteiger partial charge in [-0.15, -0.1) is 6.58 Å². The van der Waals surface area contributed by atoms with Crippen LogP contribution in [0, 0.1) is 13.8 Å². The van der Waals surface area contributed by atoms with Crippen molar-refractivity contribution >= 4 is 40.3 Å². The van der Waals surface area contributed by atoms with Crippen LogP contribution in [0.2, 0.25) is 0 Å². The number of nitrogens with one attached hydrogen (secondary N) is 2. The smallest absolute Gasteiger partial charge is 0.408 e. The highest BCUT2D eigenvalue weighted by Gasteiger charge is 2.36. The van der Waals surface area contributed by atoms with E-state index in [1.165, 1.54) is 11.0 Å². The Balaban J connectivity index is 2.04. The van der Waals surface area contributed by atoms with Crippen molar-refractivity contribution in [3.8, 4) is 0 Å². The number of benzene rings is 3. The fraction of sp³-hybridized carbons (Fsp3) is 0.312. The van der Waals surface area contributed by atoms with Crippen molar-refractivity contribution in [1.82, 2.24) is 10.2 Å². The molecule has 4 amide bonds. The number of nitrogens with zero attached hydrogens (tertiary/aromatic N) is 1. The molecule has 0 radical (unpaired) electrons. The number of primary amides is 1. The molecule has 4 N–H and O–H groups in total. The van der Waals surface area contributed by atoms with Crippen LogP contribution in [0.3, 0.4) is 0 Å². The van der Waals surface area contributed by atoms with E-state index in [1.807, 2.05) is 62.4 Å². The zero-order chi connectivity index (χ0) is 30.3. The van der Waals surface area contributed by atoms with Crippen molar-refractivity contribution in [2.24, 2.45) is 5.73 Å². The maximum atomic E-state index is 14.0. The second-order valence-electron chi connectivity index (χ2n) is 10.9. The van der Waals surface area contributed by atoms with Crippen molar-refractivity contribution in [2.75, 3.05) is 11.9 Å². The molecule has 41 heavy (non-hydrogen) atoms. The van der Waals surface area contributed by atoms with Gasteiger partial charge in [0.2, 0.25) is 11.8 Å². The fourth-order valence-electron chi connectivity index (χ4n) is 4.40. The zero-order valence-electron chi connectivity index (χ0n) is 24.2. The first-order valence-corrected chi connectivity index (χ1v) is 13.3. The number of fused-ring (bicyclic) bond motifs is 1. The van der Waals surface area contributed by atoms with Crippen molar-refractivity contribution in [3.05, 3.63) is 90.0 Å². The molecule has 0 aliphatic rings. The molecule has 0 spiro atoms. The van der Waals surface area contributed by atoms with Gasteiger partial charge < -0.3 is 26.0 Å². The third-order valence-electron chi connectivity index (χ3n) is 6.43. The van der Waals surface area contributed by atoms with E-state index in [0.717, 1.165) is 21.9 Å². The Morgan fingerprint density at radius 3 is 2.27 bits per heavy atom. The van der Waals surface area contributed by atoms with Gasteiger partial charge in [-0.3, -0.25) is 14.4 Å². The summed E-state index contributed by atoms with van der Waals surface area (Å²) in [5, 5.41) is 7.36. The molecular weight excluding hydrogens is 520 g/mol. The topological polar surface area (TPSA) is 131 Å². The van der Waals surface area contributed by atoms with Crippen LogP contribution in [0.4, 0.5) is 10.5 Å². The predicted octanol–water partition coefficient (Wildman–Crippen LogP) is 4.92. The van der Waals surface area contributed by atoms with E-state index in [2.05, 4.69) is 17.2 Å². The number of hydrogen-bond donors (Lipinski definition) is 3. The van der Waals surface area contributed by atoms with E-state index in [1.54, 1.807) is 32.9 Å². The van der Waals surface area contributed by atoms with Crippen LogP contribution < -0.4 is 16.4 Å². The molecule has 0 saturated carbocycles.